The molecule has 5 nitrogen and oxygen atoms in total. The molecular formula is C17H17ClF2IN3O2. The summed E-state index contributed by atoms with van der Waals surface area (Å²) < 4.78 is 27.7. The zero-order valence-electron chi connectivity index (χ0n) is 13.9. The number of halogens is 4. The number of nitrogens with zero attached hydrogens (tertiary/aromatic N) is 2. The number of alkyl halides is 3. The average Bonchev–Trinajstić information content (AvgIpc) is 2.74. The zero-order valence-corrected chi connectivity index (χ0v) is 16.8. The van der Waals surface area contributed by atoms with E-state index in [4.69, 9.17) is 21.7 Å². The van der Waals surface area contributed by atoms with E-state index in [0.717, 1.165) is 28.2 Å². The number of carbonyl (C=O) groups excluding carboxylic acids is 1. The third kappa shape index (κ3) is 3.45. The van der Waals surface area contributed by atoms with Crippen LogP contribution in [-0.2, 0) is 4.79 Å². The number of nitrogens with one attached hydrogen (secondary N) is 1. The molecule has 3 atom stereocenters. The fraction of sp³-hybridized carbons (Fsp3) is 0.471. The standard InChI is InChI=1S/C17H17ClF2IN3O2/c1-2-12(10-3-4-13(23-7-10)26-9-17(19,20)21)24-8-16(15(18)22)6-5-11(16)14(24)25/h3-7,11-12,22H,2,8-9H2,1H3. The summed E-state index contributed by atoms with van der Waals surface area (Å²) in [6.45, 7) is 1.55. The molecule has 1 aromatic heterocycles. The summed E-state index contributed by atoms with van der Waals surface area (Å²) in [4.78, 5) is 18.5. The molecule has 0 radical (unpaired) electrons. The molecule has 1 aromatic rings. The molecule has 0 saturated carbocycles. The maximum atomic E-state index is 12.9. The van der Waals surface area contributed by atoms with E-state index in [-0.39, 0.29) is 28.9 Å². The van der Waals surface area contributed by atoms with E-state index < -0.39 is 16.0 Å². The second-order valence-corrected chi connectivity index (χ2v) is 8.37. The maximum Gasteiger partial charge on any atom is 0.329 e. The SMILES string of the molecule is CCC(c1ccc(OCC(F)(F)I)nc1)N1CC2(C(=N)Cl)C=CC2C1=O. The molecular weight excluding hydrogens is 479 g/mol. The number of aromatic nitrogens is 1. The average molecular weight is 496 g/mol. The molecule has 1 aliphatic carbocycles. The first-order valence-corrected chi connectivity index (χ1v) is 9.53. The Hall–Kier alpha value is -1.29. The van der Waals surface area contributed by atoms with Gasteiger partial charge in [-0.3, -0.25) is 10.2 Å². The molecule has 0 bridgehead atoms. The molecule has 0 spiro atoms. The fourth-order valence-corrected chi connectivity index (χ4v) is 3.82. The van der Waals surface area contributed by atoms with Gasteiger partial charge in [-0.25, -0.2) is 4.98 Å². The largest absolute Gasteiger partial charge is 0.470 e. The lowest BCUT2D eigenvalue weighted by molar-refractivity contribution is -0.132. The van der Waals surface area contributed by atoms with Crippen LogP contribution >= 0.6 is 34.2 Å². The minimum Gasteiger partial charge on any atom is -0.470 e. The van der Waals surface area contributed by atoms with E-state index in [0.29, 0.717) is 13.0 Å². The number of ether oxygens (including phenoxy) is 1. The van der Waals surface area contributed by atoms with Gasteiger partial charge in [-0.1, -0.05) is 36.7 Å². The Labute approximate surface area is 168 Å². The van der Waals surface area contributed by atoms with Crippen molar-refractivity contribution >= 4 is 45.3 Å². The molecule has 3 rings (SSSR count). The minimum absolute atomic E-state index is 0.0303. The molecule has 2 aliphatic rings. The van der Waals surface area contributed by atoms with Crippen LogP contribution in [0.4, 0.5) is 8.78 Å². The smallest absolute Gasteiger partial charge is 0.329 e. The van der Waals surface area contributed by atoms with Crippen molar-refractivity contribution in [3.63, 3.8) is 0 Å². The predicted molar refractivity (Wildman–Crippen MR) is 102 cm³/mol. The van der Waals surface area contributed by atoms with Crippen molar-refractivity contribution in [2.75, 3.05) is 13.2 Å². The summed E-state index contributed by atoms with van der Waals surface area (Å²) in [5, 5.41) is 7.79. The number of hydrogen-bond donors (Lipinski definition) is 1. The van der Waals surface area contributed by atoms with Gasteiger partial charge in [0.15, 0.2) is 6.61 Å². The molecule has 3 unspecified atom stereocenters. The summed E-state index contributed by atoms with van der Waals surface area (Å²) >= 11 is 6.96. The van der Waals surface area contributed by atoms with Crippen LogP contribution in [0.5, 0.6) is 5.88 Å². The van der Waals surface area contributed by atoms with Crippen LogP contribution in [0.1, 0.15) is 24.9 Å². The zero-order chi connectivity index (χ0) is 19.1. The molecule has 1 fully saturated rings. The van der Waals surface area contributed by atoms with E-state index in [1.807, 2.05) is 13.0 Å². The lowest BCUT2D eigenvalue weighted by Crippen LogP contribution is -2.39. The van der Waals surface area contributed by atoms with Gasteiger partial charge in [0.25, 0.3) is 0 Å². The van der Waals surface area contributed by atoms with Gasteiger partial charge in [0, 0.05) is 41.4 Å². The lowest BCUT2D eigenvalue weighted by atomic mass is 9.70. The van der Waals surface area contributed by atoms with Crippen molar-refractivity contribution in [3.8, 4) is 5.88 Å². The van der Waals surface area contributed by atoms with E-state index >= 15 is 0 Å². The summed E-state index contributed by atoms with van der Waals surface area (Å²) in [6.07, 6.45) is 5.79. The second-order valence-electron chi connectivity index (χ2n) is 6.41. The van der Waals surface area contributed by atoms with Gasteiger partial charge in [0.1, 0.15) is 5.17 Å². The van der Waals surface area contributed by atoms with Crippen molar-refractivity contribution < 1.29 is 18.3 Å². The van der Waals surface area contributed by atoms with Crippen molar-refractivity contribution in [1.29, 1.82) is 5.41 Å². The van der Waals surface area contributed by atoms with Crippen molar-refractivity contribution in [3.05, 3.63) is 36.0 Å². The van der Waals surface area contributed by atoms with Gasteiger partial charge in [-0.15, -0.1) is 0 Å². The number of likely N-dealkylation sites (tertiary alicyclic amines) is 1. The van der Waals surface area contributed by atoms with Crippen molar-refractivity contribution in [1.82, 2.24) is 9.88 Å². The van der Waals surface area contributed by atoms with Gasteiger partial charge in [0.2, 0.25) is 11.8 Å². The van der Waals surface area contributed by atoms with Gasteiger partial charge in [0.05, 0.1) is 17.4 Å². The van der Waals surface area contributed by atoms with Crippen molar-refractivity contribution in [2.45, 2.75) is 23.3 Å². The third-order valence-corrected chi connectivity index (χ3v) is 5.48. The molecule has 140 valence electrons. The van der Waals surface area contributed by atoms with Gasteiger partial charge < -0.3 is 9.64 Å². The Morgan fingerprint density at radius 2 is 2.35 bits per heavy atom. The van der Waals surface area contributed by atoms with E-state index in [1.54, 1.807) is 17.0 Å². The quantitative estimate of drug-likeness (QED) is 0.267. The highest BCUT2D eigenvalue weighted by Gasteiger charge is 2.57. The number of rotatable bonds is 7. The first kappa shape index (κ1) is 19.5. The molecule has 2 heterocycles. The highest BCUT2D eigenvalue weighted by Crippen LogP contribution is 2.50. The molecule has 1 saturated heterocycles. The fourth-order valence-electron chi connectivity index (χ4n) is 3.43. The van der Waals surface area contributed by atoms with Gasteiger partial charge >= 0.3 is 3.93 Å². The highest BCUT2D eigenvalue weighted by atomic mass is 127. The monoisotopic (exact) mass is 495 g/mol. The Balaban J connectivity index is 1.76. The van der Waals surface area contributed by atoms with Crippen molar-refractivity contribution in [2.24, 2.45) is 11.3 Å². The topological polar surface area (TPSA) is 66.3 Å². The van der Waals surface area contributed by atoms with Crippen LogP contribution in [-0.4, -0.2) is 38.0 Å². The van der Waals surface area contributed by atoms with Crippen LogP contribution < -0.4 is 4.74 Å². The van der Waals surface area contributed by atoms with Crippen LogP contribution in [0.3, 0.4) is 0 Å². The number of pyridine rings is 1. The van der Waals surface area contributed by atoms with E-state index in [2.05, 4.69) is 4.98 Å². The summed E-state index contributed by atoms with van der Waals surface area (Å²) in [5.41, 5.74) is 0.0704. The first-order valence-electron chi connectivity index (χ1n) is 8.08. The maximum absolute atomic E-state index is 12.9. The van der Waals surface area contributed by atoms with Crippen LogP contribution in [0.25, 0.3) is 0 Å². The van der Waals surface area contributed by atoms with Crippen LogP contribution in [0, 0.1) is 16.7 Å². The van der Waals surface area contributed by atoms with Crippen LogP contribution in [0.2, 0.25) is 0 Å². The molecule has 1 amide bonds. The summed E-state index contributed by atoms with van der Waals surface area (Å²) in [5.74, 6) is -0.342. The number of amides is 1. The lowest BCUT2D eigenvalue weighted by Gasteiger charge is -2.33. The number of fused-ring (bicyclic) bond motifs is 1. The minimum atomic E-state index is -2.96. The molecule has 1 aliphatic heterocycles. The van der Waals surface area contributed by atoms with E-state index in [9.17, 15) is 13.6 Å². The molecule has 9 heteroatoms. The molecule has 26 heavy (non-hydrogen) atoms. The summed E-state index contributed by atoms with van der Waals surface area (Å²) in [7, 11) is 0. The first-order chi connectivity index (χ1) is 12.2. The second kappa shape index (κ2) is 7.03. The van der Waals surface area contributed by atoms with E-state index in [1.165, 1.54) is 12.3 Å². The van der Waals surface area contributed by atoms with Crippen LogP contribution in [0.15, 0.2) is 30.5 Å². The normalized spacial score (nSPS) is 25.7. The highest BCUT2D eigenvalue weighted by molar-refractivity contribution is 14.1. The summed E-state index contributed by atoms with van der Waals surface area (Å²) in [6, 6.07) is 3.02. The number of hydrogen-bond acceptors (Lipinski definition) is 4. The molecule has 0 aromatic carbocycles. The Kier molecular flexibility index (Phi) is 5.26. The Bertz CT molecular complexity index is 753. The Morgan fingerprint density at radius 3 is 2.77 bits per heavy atom. The number of carbonyl (C=O) groups is 1. The van der Waals surface area contributed by atoms with Gasteiger partial charge in [-0.05, 0) is 12.0 Å². The third-order valence-electron chi connectivity index (χ3n) is 4.82. The van der Waals surface area contributed by atoms with Gasteiger partial charge in [-0.2, -0.15) is 8.78 Å². The Morgan fingerprint density at radius 1 is 1.62 bits per heavy atom. The molecule has 1 N–H and O–H groups in total. The predicted octanol–water partition coefficient (Wildman–Crippen LogP) is 4.17.